The van der Waals surface area contributed by atoms with Gasteiger partial charge in [0.25, 0.3) is 0 Å². The monoisotopic (exact) mass is 566 g/mol. The summed E-state index contributed by atoms with van der Waals surface area (Å²) in [6.45, 7) is 2.43. The van der Waals surface area contributed by atoms with Crippen molar-refractivity contribution in [2.45, 2.75) is 26.0 Å². The first-order valence-electron chi connectivity index (χ1n) is 12.1. The molecule has 7 nitrogen and oxygen atoms in total. The van der Waals surface area contributed by atoms with Gasteiger partial charge < -0.3 is 24.6 Å². The van der Waals surface area contributed by atoms with Gasteiger partial charge in [-0.1, -0.05) is 41.4 Å². The molecule has 0 bridgehead atoms. The molecule has 0 saturated heterocycles. The van der Waals surface area contributed by atoms with E-state index in [4.69, 9.17) is 37.4 Å². The summed E-state index contributed by atoms with van der Waals surface area (Å²) in [5.41, 5.74) is 4.41. The second-order valence-corrected chi connectivity index (χ2v) is 9.72. The number of benzene rings is 3. The second kappa shape index (κ2) is 12.7. The van der Waals surface area contributed by atoms with Crippen molar-refractivity contribution in [2.75, 3.05) is 19.5 Å². The fourth-order valence-electron chi connectivity index (χ4n) is 4.12. The van der Waals surface area contributed by atoms with Crippen LogP contribution in [-0.4, -0.2) is 30.3 Å². The van der Waals surface area contributed by atoms with Gasteiger partial charge in [0.1, 0.15) is 11.9 Å². The number of phenolic OH excluding ortho intramolecular Hbond substituents is 1. The van der Waals surface area contributed by atoms with Crippen LogP contribution in [0.2, 0.25) is 10.0 Å². The van der Waals surface area contributed by atoms with Gasteiger partial charge >= 0.3 is 5.97 Å². The number of phenols is 1. The maximum absolute atomic E-state index is 13.2. The van der Waals surface area contributed by atoms with Crippen LogP contribution in [0.1, 0.15) is 38.7 Å². The number of esters is 1. The molecule has 0 radical (unpaired) electrons. The molecule has 0 aliphatic heterocycles. The standard InChI is InChI=1S/C30H28Cl2N2O5/c1-18-10-22(13-23(35)11-18)34-15-19-4-6-20(7-5-19)30(36)39-28(14-24-25(31)16-33-17-26(24)32)21-8-9-27(37-2)29(12-21)38-3/h4-13,16-17,28,34-35H,14-15H2,1-3H3/t28-/m0/s1. The third-order valence-corrected chi connectivity index (χ3v) is 6.77. The summed E-state index contributed by atoms with van der Waals surface area (Å²) in [6, 6.07) is 17.7. The lowest BCUT2D eigenvalue weighted by Gasteiger charge is -2.21. The Hall–Kier alpha value is -3.94. The number of anilines is 1. The van der Waals surface area contributed by atoms with Crippen LogP contribution in [0.4, 0.5) is 5.69 Å². The van der Waals surface area contributed by atoms with Gasteiger partial charge in [0, 0.05) is 37.1 Å². The highest BCUT2D eigenvalue weighted by atomic mass is 35.5. The Kier molecular flexibility index (Phi) is 9.17. The first-order valence-corrected chi connectivity index (χ1v) is 12.9. The van der Waals surface area contributed by atoms with Crippen molar-refractivity contribution in [2.24, 2.45) is 0 Å². The topological polar surface area (TPSA) is 89.9 Å². The van der Waals surface area contributed by atoms with Crippen LogP contribution < -0.4 is 14.8 Å². The van der Waals surface area contributed by atoms with E-state index in [1.165, 1.54) is 19.5 Å². The number of halogens is 2. The quantitative estimate of drug-likeness (QED) is 0.196. The van der Waals surface area contributed by atoms with E-state index in [0.717, 1.165) is 16.8 Å². The van der Waals surface area contributed by atoms with E-state index in [1.54, 1.807) is 49.6 Å². The highest BCUT2D eigenvalue weighted by molar-refractivity contribution is 6.35. The van der Waals surface area contributed by atoms with E-state index < -0.39 is 12.1 Å². The van der Waals surface area contributed by atoms with Gasteiger partial charge in [-0.2, -0.15) is 0 Å². The zero-order chi connectivity index (χ0) is 27.9. The summed E-state index contributed by atoms with van der Waals surface area (Å²) in [7, 11) is 3.09. The molecule has 2 N–H and O–H groups in total. The summed E-state index contributed by atoms with van der Waals surface area (Å²) in [5.74, 6) is 0.756. The lowest BCUT2D eigenvalue weighted by molar-refractivity contribution is 0.0297. The van der Waals surface area contributed by atoms with Crippen molar-refractivity contribution in [3.63, 3.8) is 0 Å². The third-order valence-electron chi connectivity index (χ3n) is 6.12. The van der Waals surface area contributed by atoms with Crippen LogP contribution in [-0.2, 0) is 17.7 Å². The summed E-state index contributed by atoms with van der Waals surface area (Å²) in [4.78, 5) is 17.2. The Bertz CT molecular complexity index is 1420. The number of hydrogen-bond acceptors (Lipinski definition) is 7. The lowest BCUT2D eigenvalue weighted by Crippen LogP contribution is -2.15. The number of aromatic nitrogens is 1. The van der Waals surface area contributed by atoms with Crippen LogP contribution >= 0.6 is 23.2 Å². The van der Waals surface area contributed by atoms with Gasteiger partial charge in [-0.05, 0) is 65.6 Å². The summed E-state index contributed by atoms with van der Waals surface area (Å²) in [6.07, 6.45) is 2.51. The third kappa shape index (κ3) is 7.13. The highest BCUT2D eigenvalue weighted by Crippen LogP contribution is 2.35. The first-order chi connectivity index (χ1) is 18.8. The summed E-state index contributed by atoms with van der Waals surface area (Å²) < 4.78 is 16.8. The van der Waals surface area contributed by atoms with Gasteiger partial charge in [-0.15, -0.1) is 0 Å². The number of pyridine rings is 1. The second-order valence-electron chi connectivity index (χ2n) is 8.90. The molecule has 0 amide bonds. The number of carbonyl (C=O) groups is 1. The number of ether oxygens (including phenoxy) is 3. The van der Waals surface area contributed by atoms with E-state index in [9.17, 15) is 9.90 Å². The number of methoxy groups -OCH3 is 2. The zero-order valence-corrected chi connectivity index (χ0v) is 23.2. The van der Waals surface area contributed by atoms with Crippen molar-refractivity contribution in [1.29, 1.82) is 0 Å². The molecule has 0 unspecified atom stereocenters. The molecule has 39 heavy (non-hydrogen) atoms. The van der Waals surface area contributed by atoms with Crippen LogP contribution in [0.15, 0.2) is 73.1 Å². The number of carbonyl (C=O) groups excluding carboxylic acids is 1. The molecule has 4 rings (SSSR count). The molecule has 1 atom stereocenters. The predicted octanol–water partition coefficient (Wildman–Crippen LogP) is 7.17. The molecule has 0 aliphatic carbocycles. The number of hydrogen-bond donors (Lipinski definition) is 2. The molecule has 4 aromatic rings. The number of aromatic hydroxyl groups is 1. The Balaban J connectivity index is 1.53. The number of nitrogens with zero attached hydrogens (tertiary/aromatic N) is 1. The summed E-state index contributed by atoms with van der Waals surface area (Å²) >= 11 is 12.8. The molecule has 0 fully saturated rings. The fraction of sp³-hybridized carbons (Fsp3) is 0.200. The molecular weight excluding hydrogens is 539 g/mol. The number of aryl methyl sites for hydroxylation is 1. The van der Waals surface area contributed by atoms with E-state index in [-0.39, 0.29) is 12.2 Å². The van der Waals surface area contributed by atoms with E-state index >= 15 is 0 Å². The first kappa shape index (κ1) is 28.1. The molecule has 1 heterocycles. The Morgan fingerprint density at radius 2 is 1.64 bits per heavy atom. The molecule has 1 aromatic heterocycles. The number of nitrogens with one attached hydrogen (secondary N) is 1. The van der Waals surface area contributed by atoms with Gasteiger partial charge in [-0.25, -0.2) is 4.79 Å². The SMILES string of the molecule is COc1ccc([C@H](Cc2c(Cl)cncc2Cl)OC(=O)c2ccc(CNc3cc(C)cc(O)c3)cc2)cc1OC. The molecular formula is C30H28Cl2N2O5. The molecule has 202 valence electrons. The van der Waals surface area contributed by atoms with Crippen molar-refractivity contribution >= 4 is 34.9 Å². The van der Waals surface area contributed by atoms with Crippen molar-refractivity contribution in [3.05, 3.63) is 111 Å². The zero-order valence-electron chi connectivity index (χ0n) is 21.7. The van der Waals surface area contributed by atoms with Gasteiger partial charge in [0.05, 0.1) is 29.8 Å². The maximum Gasteiger partial charge on any atom is 0.338 e. The van der Waals surface area contributed by atoms with Gasteiger partial charge in [-0.3, -0.25) is 4.98 Å². The average molecular weight is 567 g/mol. The molecule has 0 saturated carbocycles. The minimum Gasteiger partial charge on any atom is -0.508 e. The Morgan fingerprint density at radius 3 is 2.28 bits per heavy atom. The minimum absolute atomic E-state index is 0.203. The lowest BCUT2D eigenvalue weighted by atomic mass is 10.0. The van der Waals surface area contributed by atoms with Gasteiger partial charge in [0.2, 0.25) is 0 Å². The summed E-state index contributed by atoms with van der Waals surface area (Å²) in [5, 5.41) is 13.8. The fourth-order valence-corrected chi connectivity index (χ4v) is 4.64. The Labute approximate surface area is 237 Å². The normalized spacial score (nSPS) is 11.5. The minimum atomic E-state index is -0.718. The van der Waals surface area contributed by atoms with E-state index in [1.807, 2.05) is 25.1 Å². The maximum atomic E-state index is 13.2. The average Bonchev–Trinajstić information content (AvgIpc) is 2.92. The largest absolute Gasteiger partial charge is 0.508 e. The van der Waals surface area contributed by atoms with Crippen LogP contribution in [0, 0.1) is 6.92 Å². The van der Waals surface area contributed by atoms with Crippen molar-refractivity contribution in [3.8, 4) is 17.2 Å². The highest BCUT2D eigenvalue weighted by Gasteiger charge is 2.23. The van der Waals surface area contributed by atoms with E-state index in [2.05, 4.69) is 10.3 Å². The van der Waals surface area contributed by atoms with E-state index in [0.29, 0.717) is 44.8 Å². The Morgan fingerprint density at radius 1 is 0.949 bits per heavy atom. The van der Waals surface area contributed by atoms with Gasteiger partial charge in [0.15, 0.2) is 11.5 Å². The van der Waals surface area contributed by atoms with Crippen LogP contribution in [0.3, 0.4) is 0 Å². The molecule has 0 spiro atoms. The predicted molar refractivity (Wildman–Crippen MR) is 152 cm³/mol. The molecule has 0 aliphatic rings. The number of rotatable bonds is 10. The van der Waals surface area contributed by atoms with Crippen LogP contribution in [0.25, 0.3) is 0 Å². The van der Waals surface area contributed by atoms with Crippen molar-refractivity contribution in [1.82, 2.24) is 4.98 Å². The molecule has 9 heteroatoms. The van der Waals surface area contributed by atoms with Crippen LogP contribution in [0.5, 0.6) is 17.2 Å². The molecule has 3 aromatic carbocycles. The van der Waals surface area contributed by atoms with Crippen molar-refractivity contribution < 1.29 is 24.1 Å². The smallest absolute Gasteiger partial charge is 0.338 e.